The quantitative estimate of drug-likeness (QED) is 0.853. The van der Waals surface area contributed by atoms with Crippen LogP contribution in [0.4, 0.5) is 4.39 Å². The first-order valence-corrected chi connectivity index (χ1v) is 7.98. The SMILES string of the molecule is CCOC1CC(NC(C)c2cc(Br)ccc2F)C1(C)C. The molecule has 2 nitrogen and oxygen atoms in total. The van der Waals surface area contributed by atoms with Crippen molar-refractivity contribution >= 4 is 15.9 Å². The average molecular weight is 344 g/mol. The highest BCUT2D eigenvalue weighted by Crippen LogP contribution is 2.43. The summed E-state index contributed by atoms with van der Waals surface area (Å²) in [5.74, 6) is -0.160. The number of hydrogen-bond acceptors (Lipinski definition) is 2. The van der Waals surface area contributed by atoms with E-state index in [4.69, 9.17) is 4.74 Å². The van der Waals surface area contributed by atoms with E-state index < -0.39 is 0 Å². The molecule has 0 saturated heterocycles. The van der Waals surface area contributed by atoms with Crippen LogP contribution in [0.5, 0.6) is 0 Å². The van der Waals surface area contributed by atoms with Crippen LogP contribution in [0.2, 0.25) is 0 Å². The van der Waals surface area contributed by atoms with Crippen LogP contribution in [0.3, 0.4) is 0 Å². The van der Waals surface area contributed by atoms with E-state index in [1.54, 1.807) is 6.07 Å². The molecule has 1 aromatic carbocycles. The highest BCUT2D eigenvalue weighted by molar-refractivity contribution is 9.10. The smallest absolute Gasteiger partial charge is 0.128 e. The largest absolute Gasteiger partial charge is 0.378 e. The molecule has 1 aromatic rings. The van der Waals surface area contributed by atoms with Crippen LogP contribution in [-0.2, 0) is 4.74 Å². The number of nitrogens with one attached hydrogen (secondary N) is 1. The van der Waals surface area contributed by atoms with Crippen molar-refractivity contribution in [3.8, 4) is 0 Å². The van der Waals surface area contributed by atoms with Gasteiger partial charge in [-0.05, 0) is 38.5 Å². The predicted molar refractivity (Wildman–Crippen MR) is 83.3 cm³/mol. The molecular weight excluding hydrogens is 321 g/mol. The molecule has 1 aliphatic rings. The van der Waals surface area contributed by atoms with Crippen LogP contribution in [-0.4, -0.2) is 18.8 Å². The van der Waals surface area contributed by atoms with Gasteiger partial charge >= 0.3 is 0 Å². The third-order valence-corrected chi connectivity index (χ3v) is 4.91. The van der Waals surface area contributed by atoms with Crippen molar-refractivity contribution < 1.29 is 9.13 Å². The van der Waals surface area contributed by atoms with Crippen LogP contribution < -0.4 is 5.32 Å². The highest BCUT2D eigenvalue weighted by Gasteiger charge is 2.49. The van der Waals surface area contributed by atoms with Gasteiger partial charge in [-0.25, -0.2) is 4.39 Å². The summed E-state index contributed by atoms with van der Waals surface area (Å²) in [4.78, 5) is 0. The summed E-state index contributed by atoms with van der Waals surface area (Å²) in [7, 11) is 0. The Kier molecular flexibility index (Phi) is 4.88. The molecule has 0 bridgehead atoms. The summed E-state index contributed by atoms with van der Waals surface area (Å²) < 4.78 is 20.5. The monoisotopic (exact) mass is 343 g/mol. The van der Waals surface area contributed by atoms with E-state index in [-0.39, 0.29) is 17.3 Å². The van der Waals surface area contributed by atoms with Crippen LogP contribution >= 0.6 is 15.9 Å². The van der Waals surface area contributed by atoms with E-state index in [1.807, 2.05) is 19.9 Å². The maximum atomic E-state index is 13.9. The van der Waals surface area contributed by atoms with Crippen LogP contribution in [0.25, 0.3) is 0 Å². The summed E-state index contributed by atoms with van der Waals surface area (Å²) in [6.45, 7) is 9.19. The fourth-order valence-electron chi connectivity index (χ4n) is 2.89. The Balaban J connectivity index is 2.02. The molecule has 0 heterocycles. The molecule has 0 aromatic heterocycles. The molecule has 3 atom stereocenters. The minimum absolute atomic E-state index is 0.0145. The zero-order valence-corrected chi connectivity index (χ0v) is 14.1. The second-order valence-electron chi connectivity index (χ2n) is 6.11. The van der Waals surface area contributed by atoms with Gasteiger partial charge in [0.2, 0.25) is 0 Å². The number of ether oxygens (including phenoxy) is 1. The number of rotatable bonds is 5. The van der Waals surface area contributed by atoms with Crippen LogP contribution in [0.15, 0.2) is 22.7 Å². The Morgan fingerprint density at radius 1 is 1.50 bits per heavy atom. The van der Waals surface area contributed by atoms with Crippen molar-refractivity contribution in [2.24, 2.45) is 5.41 Å². The third-order valence-electron chi connectivity index (χ3n) is 4.42. The second-order valence-corrected chi connectivity index (χ2v) is 7.02. The molecule has 2 rings (SSSR count). The van der Waals surface area contributed by atoms with Gasteiger partial charge in [0, 0.05) is 34.1 Å². The van der Waals surface area contributed by atoms with Crippen LogP contribution in [0, 0.1) is 11.2 Å². The van der Waals surface area contributed by atoms with Gasteiger partial charge in [-0.2, -0.15) is 0 Å². The van der Waals surface area contributed by atoms with E-state index in [9.17, 15) is 4.39 Å². The zero-order chi connectivity index (χ0) is 14.9. The average Bonchev–Trinajstić information content (AvgIpc) is 2.40. The van der Waals surface area contributed by atoms with Gasteiger partial charge in [-0.15, -0.1) is 0 Å². The minimum atomic E-state index is -0.160. The van der Waals surface area contributed by atoms with Crippen molar-refractivity contribution in [1.82, 2.24) is 5.32 Å². The molecule has 1 saturated carbocycles. The zero-order valence-electron chi connectivity index (χ0n) is 12.5. The molecule has 20 heavy (non-hydrogen) atoms. The van der Waals surface area contributed by atoms with Gasteiger partial charge in [0.05, 0.1) is 6.10 Å². The summed E-state index contributed by atoms with van der Waals surface area (Å²) >= 11 is 3.40. The van der Waals surface area contributed by atoms with Crippen molar-refractivity contribution in [2.75, 3.05) is 6.61 Å². The molecular formula is C16H23BrFNO. The van der Waals surface area contributed by atoms with Gasteiger partial charge in [-0.3, -0.25) is 0 Å². The number of hydrogen-bond donors (Lipinski definition) is 1. The fourth-order valence-corrected chi connectivity index (χ4v) is 3.27. The van der Waals surface area contributed by atoms with E-state index in [0.29, 0.717) is 17.7 Å². The molecule has 0 radical (unpaired) electrons. The lowest BCUT2D eigenvalue weighted by Crippen LogP contribution is -2.61. The Morgan fingerprint density at radius 3 is 2.80 bits per heavy atom. The molecule has 1 aliphatic carbocycles. The van der Waals surface area contributed by atoms with E-state index in [1.165, 1.54) is 6.07 Å². The summed E-state index contributed by atoms with van der Waals surface area (Å²) in [5, 5.41) is 3.54. The van der Waals surface area contributed by atoms with Crippen molar-refractivity contribution in [3.05, 3.63) is 34.1 Å². The Morgan fingerprint density at radius 2 is 2.20 bits per heavy atom. The van der Waals surface area contributed by atoms with Crippen molar-refractivity contribution in [2.45, 2.75) is 52.3 Å². The van der Waals surface area contributed by atoms with Gasteiger partial charge < -0.3 is 10.1 Å². The summed E-state index contributed by atoms with van der Waals surface area (Å²) in [5.41, 5.74) is 0.794. The molecule has 3 unspecified atom stereocenters. The molecule has 4 heteroatoms. The van der Waals surface area contributed by atoms with Crippen LogP contribution in [0.1, 0.15) is 45.7 Å². The lowest BCUT2D eigenvalue weighted by atomic mass is 9.64. The molecule has 0 aliphatic heterocycles. The van der Waals surface area contributed by atoms with Gasteiger partial charge in [-0.1, -0.05) is 29.8 Å². The first kappa shape index (κ1) is 15.9. The fraction of sp³-hybridized carbons (Fsp3) is 0.625. The van der Waals surface area contributed by atoms with Gasteiger partial charge in [0.15, 0.2) is 0 Å². The normalized spacial score (nSPS) is 26.1. The summed E-state index contributed by atoms with van der Waals surface area (Å²) in [6, 6.07) is 5.42. The van der Waals surface area contributed by atoms with Crippen molar-refractivity contribution in [3.63, 3.8) is 0 Å². The summed E-state index contributed by atoms with van der Waals surface area (Å²) in [6.07, 6.45) is 1.28. The molecule has 1 N–H and O–H groups in total. The number of halogens is 2. The minimum Gasteiger partial charge on any atom is -0.378 e. The first-order chi connectivity index (χ1) is 9.36. The van der Waals surface area contributed by atoms with E-state index >= 15 is 0 Å². The van der Waals surface area contributed by atoms with Crippen molar-refractivity contribution in [1.29, 1.82) is 0 Å². The Hall–Kier alpha value is -0.450. The highest BCUT2D eigenvalue weighted by atomic mass is 79.9. The third kappa shape index (κ3) is 3.07. The molecule has 112 valence electrons. The maximum Gasteiger partial charge on any atom is 0.128 e. The molecule has 0 spiro atoms. The van der Waals surface area contributed by atoms with Gasteiger partial charge in [0.1, 0.15) is 5.82 Å². The first-order valence-electron chi connectivity index (χ1n) is 7.18. The molecule has 1 fully saturated rings. The van der Waals surface area contributed by atoms with E-state index in [0.717, 1.165) is 17.5 Å². The second kappa shape index (κ2) is 6.12. The molecule has 0 amide bonds. The lowest BCUT2D eigenvalue weighted by Gasteiger charge is -2.52. The Labute approximate surface area is 129 Å². The van der Waals surface area contributed by atoms with E-state index in [2.05, 4.69) is 35.1 Å². The Bertz CT molecular complexity index is 478. The standard InChI is InChI=1S/C16H23BrFNO/c1-5-20-15-9-14(16(15,3)4)19-10(2)12-8-11(17)6-7-13(12)18/h6-8,10,14-15,19H,5,9H2,1-4H3. The topological polar surface area (TPSA) is 21.3 Å². The lowest BCUT2D eigenvalue weighted by molar-refractivity contribution is -0.116. The van der Waals surface area contributed by atoms with Gasteiger partial charge in [0.25, 0.3) is 0 Å². The predicted octanol–water partition coefficient (Wildman–Crippen LogP) is 4.44. The number of benzene rings is 1. The maximum absolute atomic E-state index is 13.9.